The van der Waals surface area contributed by atoms with Gasteiger partial charge in [-0.05, 0) is 46.3 Å². The number of fused-ring (bicyclic) bond motifs is 1. The number of nitriles is 1. The zero-order valence-electron chi connectivity index (χ0n) is 10.8. The highest BCUT2D eigenvalue weighted by atomic mass is 79.9. The number of benzene rings is 2. The molecule has 0 aliphatic heterocycles. The molecule has 0 aliphatic rings. The Kier molecular flexibility index (Phi) is 3.48. The average molecular weight is 347 g/mol. The molecule has 3 rings (SSSR count). The Balaban J connectivity index is 2.12. The van der Waals surface area contributed by atoms with Crippen LogP contribution in [0.1, 0.15) is 11.1 Å². The van der Waals surface area contributed by atoms with Gasteiger partial charge in [-0.1, -0.05) is 6.07 Å². The summed E-state index contributed by atoms with van der Waals surface area (Å²) in [6.45, 7) is 0.0650. The molecular weight excluding hydrogens is 338 g/mol. The molecule has 21 heavy (non-hydrogen) atoms. The van der Waals surface area contributed by atoms with Crippen molar-refractivity contribution in [1.29, 1.82) is 5.26 Å². The largest absolute Gasteiger partial charge is 0.343 e. The molecule has 0 amide bonds. The first-order valence-electron chi connectivity index (χ1n) is 6.22. The quantitative estimate of drug-likeness (QED) is 0.623. The molecule has 3 aromatic rings. The highest BCUT2D eigenvalue weighted by Crippen LogP contribution is 2.25. The first-order valence-corrected chi connectivity index (χ1v) is 7.01. The number of halogens is 3. The Labute approximate surface area is 128 Å². The van der Waals surface area contributed by atoms with E-state index in [4.69, 9.17) is 5.26 Å². The molecule has 5 heteroatoms. The maximum Gasteiger partial charge on any atom is 0.145 e. The van der Waals surface area contributed by atoms with Crippen molar-refractivity contribution in [1.82, 2.24) is 4.57 Å². The normalized spacial score (nSPS) is 10.8. The lowest BCUT2D eigenvalue weighted by Crippen LogP contribution is -2.04. The third-order valence-electron chi connectivity index (χ3n) is 3.40. The summed E-state index contributed by atoms with van der Waals surface area (Å²) in [5.74, 6) is -1.19. The van der Waals surface area contributed by atoms with Crippen molar-refractivity contribution in [3.05, 3.63) is 69.8 Å². The fraction of sp³-hybridized carbons (Fsp3) is 0.0625. The van der Waals surface area contributed by atoms with Crippen LogP contribution in [0.25, 0.3) is 10.9 Å². The van der Waals surface area contributed by atoms with E-state index in [1.54, 1.807) is 29.0 Å². The summed E-state index contributed by atoms with van der Waals surface area (Å²) in [7, 11) is 0. The van der Waals surface area contributed by atoms with Gasteiger partial charge in [0.15, 0.2) is 0 Å². The van der Waals surface area contributed by atoms with E-state index < -0.39 is 11.6 Å². The van der Waals surface area contributed by atoms with Gasteiger partial charge < -0.3 is 4.57 Å². The number of rotatable bonds is 2. The molecular formula is C16H9BrF2N2. The van der Waals surface area contributed by atoms with E-state index in [9.17, 15) is 8.78 Å². The third-order valence-corrected chi connectivity index (χ3v) is 4.01. The lowest BCUT2D eigenvalue weighted by molar-refractivity contribution is 0.543. The predicted octanol–water partition coefficient (Wildman–Crippen LogP) is 4.60. The second-order valence-electron chi connectivity index (χ2n) is 4.62. The van der Waals surface area contributed by atoms with Crippen molar-refractivity contribution in [3.8, 4) is 6.07 Å². The molecule has 0 N–H and O–H groups in total. The smallest absolute Gasteiger partial charge is 0.145 e. The van der Waals surface area contributed by atoms with Crippen molar-refractivity contribution in [2.45, 2.75) is 6.54 Å². The standard InChI is InChI=1S/C16H9BrF2N2/c17-13-4-5-14(18)12(16(13)19)9-21-7-6-11-10(8-20)2-1-3-15(11)21/h1-7H,9H2. The maximum absolute atomic E-state index is 14.0. The highest BCUT2D eigenvalue weighted by Gasteiger charge is 2.14. The zero-order chi connectivity index (χ0) is 15.0. The lowest BCUT2D eigenvalue weighted by atomic mass is 10.1. The highest BCUT2D eigenvalue weighted by molar-refractivity contribution is 9.10. The first-order chi connectivity index (χ1) is 10.1. The fourth-order valence-corrected chi connectivity index (χ4v) is 2.71. The van der Waals surface area contributed by atoms with Gasteiger partial charge in [-0.3, -0.25) is 0 Å². The fourth-order valence-electron chi connectivity index (χ4n) is 2.34. The number of aromatic nitrogens is 1. The van der Waals surface area contributed by atoms with E-state index in [0.29, 0.717) is 5.56 Å². The van der Waals surface area contributed by atoms with Crippen LogP contribution in [0.2, 0.25) is 0 Å². The van der Waals surface area contributed by atoms with Gasteiger partial charge in [0.2, 0.25) is 0 Å². The summed E-state index contributed by atoms with van der Waals surface area (Å²) in [6.07, 6.45) is 1.73. The van der Waals surface area contributed by atoms with E-state index in [-0.39, 0.29) is 16.6 Å². The molecule has 0 saturated carbocycles. The summed E-state index contributed by atoms with van der Waals surface area (Å²) in [6, 6.07) is 11.8. The summed E-state index contributed by atoms with van der Waals surface area (Å²) < 4.78 is 29.8. The van der Waals surface area contributed by atoms with Crippen molar-refractivity contribution in [3.63, 3.8) is 0 Å². The lowest BCUT2D eigenvalue weighted by Gasteiger charge is -2.09. The Bertz CT molecular complexity index is 878. The van der Waals surface area contributed by atoms with Crippen LogP contribution in [0.5, 0.6) is 0 Å². The minimum absolute atomic E-state index is 0.00997. The van der Waals surface area contributed by atoms with Crippen LogP contribution in [0.15, 0.2) is 47.1 Å². The SMILES string of the molecule is N#Cc1cccc2c1ccn2Cc1c(F)ccc(Br)c1F. The van der Waals surface area contributed by atoms with Crippen LogP contribution in [-0.2, 0) is 6.54 Å². The Hall–Kier alpha value is -2.19. The summed E-state index contributed by atoms with van der Waals surface area (Å²) in [5.41, 5.74) is 1.30. The van der Waals surface area contributed by atoms with Crippen molar-refractivity contribution in [2.75, 3.05) is 0 Å². The monoisotopic (exact) mass is 346 g/mol. The molecule has 0 spiro atoms. The Morgan fingerprint density at radius 1 is 1.14 bits per heavy atom. The molecule has 1 heterocycles. The number of hydrogen-bond donors (Lipinski definition) is 0. The first kappa shape index (κ1) is 13.8. The van der Waals surface area contributed by atoms with Crippen LogP contribution >= 0.6 is 15.9 Å². The molecule has 0 saturated heterocycles. The number of hydrogen-bond acceptors (Lipinski definition) is 1. The van der Waals surface area contributed by atoms with Gasteiger partial charge in [-0.15, -0.1) is 0 Å². The minimum atomic E-state index is -0.603. The van der Waals surface area contributed by atoms with E-state index in [2.05, 4.69) is 22.0 Å². The van der Waals surface area contributed by atoms with Crippen LogP contribution in [0, 0.1) is 23.0 Å². The van der Waals surface area contributed by atoms with Gasteiger partial charge in [-0.25, -0.2) is 8.78 Å². The van der Waals surface area contributed by atoms with Crippen LogP contribution in [0.3, 0.4) is 0 Å². The molecule has 0 radical (unpaired) electrons. The van der Waals surface area contributed by atoms with Gasteiger partial charge in [0, 0.05) is 22.7 Å². The van der Waals surface area contributed by atoms with Gasteiger partial charge in [-0.2, -0.15) is 5.26 Å². The van der Waals surface area contributed by atoms with Crippen molar-refractivity contribution < 1.29 is 8.78 Å². The van der Waals surface area contributed by atoms with Gasteiger partial charge >= 0.3 is 0 Å². The summed E-state index contributed by atoms with van der Waals surface area (Å²) in [5, 5.41) is 9.85. The van der Waals surface area contributed by atoms with E-state index in [0.717, 1.165) is 10.9 Å². The average Bonchev–Trinajstić information content (AvgIpc) is 2.90. The molecule has 0 bridgehead atoms. The number of nitrogens with zero attached hydrogens (tertiary/aromatic N) is 2. The predicted molar refractivity (Wildman–Crippen MR) is 79.8 cm³/mol. The van der Waals surface area contributed by atoms with Crippen LogP contribution < -0.4 is 0 Å². The summed E-state index contributed by atoms with van der Waals surface area (Å²) >= 11 is 3.06. The second-order valence-corrected chi connectivity index (χ2v) is 5.47. The molecule has 0 aliphatic carbocycles. The Morgan fingerprint density at radius 2 is 1.95 bits per heavy atom. The molecule has 0 fully saturated rings. The minimum Gasteiger partial charge on any atom is -0.343 e. The van der Waals surface area contributed by atoms with Gasteiger partial charge in [0.1, 0.15) is 11.6 Å². The van der Waals surface area contributed by atoms with Crippen LogP contribution in [-0.4, -0.2) is 4.57 Å². The van der Waals surface area contributed by atoms with E-state index in [1.165, 1.54) is 12.1 Å². The maximum atomic E-state index is 14.0. The van der Waals surface area contributed by atoms with E-state index >= 15 is 0 Å². The van der Waals surface area contributed by atoms with Gasteiger partial charge in [0.25, 0.3) is 0 Å². The van der Waals surface area contributed by atoms with Crippen molar-refractivity contribution >= 4 is 26.8 Å². The molecule has 0 atom stereocenters. The molecule has 1 aromatic heterocycles. The second kappa shape index (κ2) is 5.30. The molecule has 2 nitrogen and oxygen atoms in total. The Morgan fingerprint density at radius 3 is 2.71 bits per heavy atom. The molecule has 0 unspecified atom stereocenters. The van der Waals surface area contributed by atoms with Gasteiger partial charge in [0.05, 0.1) is 22.7 Å². The summed E-state index contributed by atoms with van der Waals surface area (Å²) in [4.78, 5) is 0. The van der Waals surface area contributed by atoms with E-state index in [1.807, 2.05) is 6.07 Å². The van der Waals surface area contributed by atoms with Crippen LogP contribution in [0.4, 0.5) is 8.78 Å². The molecule has 104 valence electrons. The topological polar surface area (TPSA) is 28.7 Å². The third kappa shape index (κ3) is 2.32. The van der Waals surface area contributed by atoms with Crippen molar-refractivity contribution in [2.24, 2.45) is 0 Å². The zero-order valence-corrected chi connectivity index (χ0v) is 12.4. The molecule has 2 aromatic carbocycles.